The second-order valence-corrected chi connectivity index (χ2v) is 7.17. The van der Waals surface area contributed by atoms with E-state index in [1.807, 2.05) is 6.92 Å². The van der Waals surface area contributed by atoms with Crippen LogP contribution in [0.5, 0.6) is 0 Å². The van der Waals surface area contributed by atoms with Crippen molar-refractivity contribution in [3.63, 3.8) is 0 Å². The maximum Gasteiger partial charge on any atom is 0.337 e. The summed E-state index contributed by atoms with van der Waals surface area (Å²) in [7, 11) is 0. The summed E-state index contributed by atoms with van der Waals surface area (Å²) in [6.45, 7) is 1.93. The maximum atomic E-state index is 11.1. The Morgan fingerprint density at radius 1 is 1.12 bits per heavy atom. The second kappa shape index (κ2) is 8.37. The van der Waals surface area contributed by atoms with Gasteiger partial charge in [0.15, 0.2) is 0 Å². The molecule has 0 heterocycles. The molecule has 0 radical (unpaired) electrons. The highest BCUT2D eigenvalue weighted by Crippen LogP contribution is 2.32. The first kappa shape index (κ1) is 18.5. The van der Waals surface area contributed by atoms with Crippen LogP contribution in [0.1, 0.15) is 66.4 Å². The van der Waals surface area contributed by atoms with Crippen molar-refractivity contribution in [3.8, 4) is 0 Å². The van der Waals surface area contributed by atoms with Crippen LogP contribution in [-0.2, 0) is 0 Å². The van der Waals surface area contributed by atoms with Gasteiger partial charge in [-0.05, 0) is 55.0 Å². The Balaban J connectivity index is 1.69. The van der Waals surface area contributed by atoms with Gasteiger partial charge in [-0.1, -0.05) is 55.1 Å². The van der Waals surface area contributed by atoms with Crippen molar-refractivity contribution < 1.29 is 9.90 Å². The van der Waals surface area contributed by atoms with E-state index in [1.165, 1.54) is 43.7 Å². The molecule has 2 aromatic rings. The number of rotatable bonds is 5. The summed E-state index contributed by atoms with van der Waals surface area (Å²) in [5.41, 5.74) is 6.85. The van der Waals surface area contributed by atoms with Crippen molar-refractivity contribution in [1.82, 2.24) is 0 Å². The topological polar surface area (TPSA) is 61.7 Å². The Bertz CT molecular complexity index is 809. The van der Waals surface area contributed by atoms with Crippen molar-refractivity contribution >= 4 is 29.0 Å². The van der Waals surface area contributed by atoms with E-state index < -0.39 is 5.97 Å². The molecular formula is C21H23ClN2O2. The zero-order valence-corrected chi connectivity index (χ0v) is 15.6. The third-order valence-electron chi connectivity index (χ3n) is 4.95. The normalized spacial score (nSPS) is 15.7. The molecule has 136 valence electrons. The fourth-order valence-electron chi connectivity index (χ4n) is 3.40. The summed E-state index contributed by atoms with van der Waals surface area (Å²) in [5, 5.41) is 13.7. The van der Waals surface area contributed by atoms with Gasteiger partial charge in [-0.2, -0.15) is 5.10 Å². The van der Waals surface area contributed by atoms with E-state index in [2.05, 4.69) is 34.8 Å². The third kappa shape index (κ3) is 4.44. The molecule has 0 saturated heterocycles. The summed E-state index contributed by atoms with van der Waals surface area (Å²) < 4.78 is 0. The number of carboxylic acid groups (broad SMARTS) is 1. The molecule has 4 nitrogen and oxygen atoms in total. The monoisotopic (exact) mass is 370 g/mol. The molecule has 2 aromatic carbocycles. The van der Waals surface area contributed by atoms with E-state index in [0.29, 0.717) is 11.6 Å². The first-order chi connectivity index (χ1) is 12.5. The van der Waals surface area contributed by atoms with Gasteiger partial charge in [-0.15, -0.1) is 0 Å². The molecule has 0 aliphatic heterocycles. The molecule has 0 spiro atoms. The summed E-state index contributed by atoms with van der Waals surface area (Å²) in [6, 6.07) is 13.4. The minimum Gasteiger partial charge on any atom is -0.478 e. The van der Waals surface area contributed by atoms with Crippen molar-refractivity contribution in [2.24, 2.45) is 5.10 Å². The number of benzene rings is 2. The van der Waals surface area contributed by atoms with E-state index in [-0.39, 0.29) is 10.6 Å². The van der Waals surface area contributed by atoms with Crippen molar-refractivity contribution in [3.05, 3.63) is 64.2 Å². The zero-order valence-electron chi connectivity index (χ0n) is 14.8. The number of carboxylic acids is 1. The third-order valence-corrected chi connectivity index (χ3v) is 5.28. The van der Waals surface area contributed by atoms with E-state index in [0.717, 1.165) is 11.3 Å². The molecule has 1 aliphatic carbocycles. The van der Waals surface area contributed by atoms with Crippen molar-refractivity contribution in [2.45, 2.75) is 44.9 Å². The number of aromatic carboxylic acids is 1. The van der Waals surface area contributed by atoms with Crippen LogP contribution in [-0.4, -0.2) is 16.8 Å². The number of hydrogen-bond acceptors (Lipinski definition) is 3. The van der Waals surface area contributed by atoms with Gasteiger partial charge in [-0.25, -0.2) is 4.79 Å². The molecule has 1 saturated carbocycles. The number of nitrogens with one attached hydrogen (secondary N) is 1. The SMILES string of the molecule is CC(=NNc1ccc(Cl)c(C(=O)O)c1)c1ccc(C2CCCCC2)cc1. The van der Waals surface area contributed by atoms with Crippen LogP contribution in [0.2, 0.25) is 5.02 Å². The maximum absolute atomic E-state index is 11.1. The average molecular weight is 371 g/mol. The van der Waals surface area contributed by atoms with Gasteiger partial charge >= 0.3 is 5.97 Å². The second-order valence-electron chi connectivity index (χ2n) is 6.77. The van der Waals surface area contributed by atoms with E-state index in [1.54, 1.807) is 12.1 Å². The van der Waals surface area contributed by atoms with Gasteiger partial charge in [0.1, 0.15) is 0 Å². The number of anilines is 1. The molecule has 26 heavy (non-hydrogen) atoms. The molecule has 0 unspecified atom stereocenters. The van der Waals surface area contributed by atoms with Crippen molar-refractivity contribution in [2.75, 3.05) is 5.43 Å². The average Bonchev–Trinajstić information content (AvgIpc) is 2.67. The van der Waals surface area contributed by atoms with Crippen LogP contribution in [0.4, 0.5) is 5.69 Å². The summed E-state index contributed by atoms with van der Waals surface area (Å²) in [5.74, 6) is -0.366. The molecule has 0 aromatic heterocycles. The lowest BCUT2D eigenvalue weighted by atomic mass is 9.84. The Hall–Kier alpha value is -2.33. The Morgan fingerprint density at radius 3 is 2.46 bits per heavy atom. The zero-order chi connectivity index (χ0) is 18.5. The number of hydrogen-bond donors (Lipinski definition) is 2. The van der Waals surface area contributed by atoms with Crippen LogP contribution >= 0.6 is 11.6 Å². The quantitative estimate of drug-likeness (QED) is 0.507. The van der Waals surface area contributed by atoms with E-state index >= 15 is 0 Å². The highest BCUT2D eigenvalue weighted by atomic mass is 35.5. The highest BCUT2D eigenvalue weighted by Gasteiger charge is 2.15. The van der Waals surface area contributed by atoms with Gasteiger partial charge < -0.3 is 5.11 Å². The predicted molar refractivity (Wildman–Crippen MR) is 107 cm³/mol. The molecule has 0 amide bonds. The number of nitrogens with zero attached hydrogens (tertiary/aromatic N) is 1. The summed E-state index contributed by atoms with van der Waals surface area (Å²) >= 11 is 5.88. The van der Waals surface area contributed by atoms with Gasteiger partial charge in [-0.3, -0.25) is 5.43 Å². The van der Waals surface area contributed by atoms with Crippen LogP contribution in [0, 0.1) is 0 Å². The molecule has 1 fully saturated rings. The molecule has 0 atom stereocenters. The highest BCUT2D eigenvalue weighted by molar-refractivity contribution is 6.33. The van der Waals surface area contributed by atoms with Gasteiger partial charge in [0.25, 0.3) is 0 Å². The smallest absolute Gasteiger partial charge is 0.337 e. The van der Waals surface area contributed by atoms with Crippen LogP contribution in [0.15, 0.2) is 47.6 Å². The minimum atomic E-state index is -1.06. The first-order valence-electron chi connectivity index (χ1n) is 8.98. The van der Waals surface area contributed by atoms with Gasteiger partial charge in [0, 0.05) is 0 Å². The molecule has 3 rings (SSSR count). The minimum absolute atomic E-state index is 0.0568. The lowest BCUT2D eigenvalue weighted by Gasteiger charge is -2.22. The van der Waals surface area contributed by atoms with Crippen LogP contribution in [0.3, 0.4) is 0 Å². The van der Waals surface area contributed by atoms with Gasteiger partial charge in [0.05, 0.1) is 22.0 Å². The lowest BCUT2D eigenvalue weighted by Crippen LogP contribution is -2.05. The first-order valence-corrected chi connectivity index (χ1v) is 9.36. The predicted octanol–water partition coefficient (Wildman–Crippen LogP) is 5.92. The Morgan fingerprint density at radius 2 is 1.81 bits per heavy atom. The number of halogens is 1. The molecule has 1 aliphatic rings. The van der Waals surface area contributed by atoms with Crippen molar-refractivity contribution in [1.29, 1.82) is 0 Å². The Labute approximate surface area is 158 Å². The summed E-state index contributed by atoms with van der Waals surface area (Å²) in [6.07, 6.45) is 6.60. The fourth-order valence-corrected chi connectivity index (χ4v) is 3.60. The van der Waals surface area contributed by atoms with Crippen LogP contribution < -0.4 is 5.43 Å². The summed E-state index contributed by atoms with van der Waals surface area (Å²) in [4.78, 5) is 11.1. The fraction of sp³-hybridized carbons (Fsp3) is 0.333. The molecular weight excluding hydrogens is 348 g/mol. The Kier molecular flexibility index (Phi) is 5.94. The molecule has 2 N–H and O–H groups in total. The number of carbonyl (C=O) groups is 1. The molecule has 5 heteroatoms. The molecule has 0 bridgehead atoms. The lowest BCUT2D eigenvalue weighted by molar-refractivity contribution is 0.0697. The van der Waals surface area contributed by atoms with E-state index in [4.69, 9.17) is 16.7 Å². The van der Waals surface area contributed by atoms with Gasteiger partial charge in [0.2, 0.25) is 0 Å². The van der Waals surface area contributed by atoms with Crippen LogP contribution in [0.25, 0.3) is 0 Å². The number of hydrazone groups is 1. The van der Waals surface area contributed by atoms with E-state index in [9.17, 15) is 4.79 Å². The standard InChI is InChI=1S/C21H23ClN2O2/c1-14(23-24-18-11-12-20(22)19(13-18)21(25)26)15-7-9-17(10-8-15)16-5-3-2-4-6-16/h7-13,16,24H,2-6H2,1H3,(H,25,26). The largest absolute Gasteiger partial charge is 0.478 e.